The van der Waals surface area contributed by atoms with Gasteiger partial charge in [-0.1, -0.05) is 60.7 Å². The highest BCUT2D eigenvalue weighted by atomic mass is 15.0. The van der Waals surface area contributed by atoms with Crippen molar-refractivity contribution in [1.29, 1.82) is 0 Å². The smallest absolute Gasteiger partial charge is 0.183 e. The highest BCUT2D eigenvalue weighted by molar-refractivity contribution is 6.04. The molecule has 2 radical (unpaired) electrons. The molecule has 1 nitrogen and oxygen atoms in total. The lowest BCUT2D eigenvalue weighted by Gasteiger charge is -2.17. The number of nitrogens with zero attached hydrogens (tertiary/aromatic N) is 1. The second-order valence-electron chi connectivity index (χ2n) is 3.88. The normalized spacial score (nSPS) is 10.6. The minimum absolute atomic E-state index is 0.774. The van der Waals surface area contributed by atoms with E-state index in [4.69, 9.17) is 7.98 Å². The standard InChI is InChI=1S/C14H14BN/c15-16(11-13-7-3-1-4-8-13)12-14-9-5-2-6-10-14/h1-10H,11-12H2. The van der Waals surface area contributed by atoms with E-state index in [9.17, 15) is 0 Å². The Hall–Kier alpha value is -1.54. The van der Waals surface area contributed by atoms with Crippen LogP contribution in [0.15, 0.2) is 60.7 Å². The zero-order valence-corrected chi connectivity index (χ0v) is 9.21. The van der Waals surface area contributed by atoms with Crippen molar-refractivity contribution in [2.24, 2.45) is 0 Å². The molecule has 2 heteroatoms. The topological polar surface area (TPSA) is 3.24 Å². The van der Waals surface area contributed by atoms with Gasteiger partial charge in [0.15, 0.2) is 7.98 Å². The Balaban J connectivity index is 1.92. The third kappa shape index (κ3) is 3.25. The third-order valence-corrected chi connectivity index (χ3v) is 2.46. The number of hydrogen-bond acceptors (Lipinski definition) is 1. The molecular weight excluding hydrogens is 193 g/mol. The molecule has 0 heterocycles. The van der Waals surface area contributed by atoms with Crippen LogP contribution in [0.4, 0.5) is 0 Å². The van der Waals surface area contributed by atoms with E-state index in [0.29, 0.717) is 0 Å². The van der Waals surface area contributed by atoms with Gasteiger partial charge in [-0.15, -0.1) is 0 Å². The molecule has 2 aromatic rings. The van der Waals surface area contributed by atoms with Crippen molar-refractivity contribution in [3.63, 3.8) is 0 Å². The molecule has 2 rings (SSSR count). The fourth-order valence-corrected chi connectivity index (χ4v) is 1.69. The van der Waals surface area contributed by atoms with E-state index in [2.05, 4.69) is 24.3 Å². The fourth-order valence-electron chi connectivity index (χ4n) is 1.69. The monoisotopic (exact) mass is 207 g/mol. The van der Waals surface area contributed by atoms with Crippen molar-refractivity contribution in [2.75, 3.05) is 0 Å². The Morgan fingerprint density at radius 1 is 0.688 bits per heavy atom. The third-order valence-electron chi connectivity index (χ3n) is 2.46. The number of hydrogen-bond donors (Lipinski definition) is 0. The van der Waals surface area contributed by atoms with Crippen molar-refractivity contribution >= 4 is 7.98 Å². The first-order chi connectivity index (χ1) is 7.84. The molecule has 0 unspecified atom stereocenters. The van der Waals surface area contributed by atoms with Gasteiger partial charge in [0.2, 0.25) is 0 Å². The van der Waals surface area contributed by atoms with Crippen LogP contribution in [0.2, 0.25) is 0 Å². The molecule has 78 valence electrons. The summed E-state index contributed by atoms with van der Waals surface area (Å²) in [5.74, 6) is 0. The van der Waals surface area contributed by atoms with Crippen molar-refractivity contribution in [2.45, 2.75) is 13.1 Å². The molecule has 0 aliphatic heterocycles. The summed E-state index contributed by atoms with van der Waals surface area (Å²) < 4.78 is 0. The van der Waals surface area contributed by atoms with Gasteiger partial charge in [0.25, 0.3) is 0 Å². The number of rotatable bonds is 4. The summed E-state index contributed by atoms with van der Waals surface area (Å²) in [5, 5.41) is 0. The van der Waals surface area contributed by atoms with Gasteiger partial charge < -0.3 is 4.81 Å². The molecule has 0 N–H and O–H groups in total. The molecule has 0 amide bonds. The van der Waals surface area contributed by atoms with Gasteiger partial charge in [-0.25, -0.2) is 0 Å². The van der Waals surface area contributed by atoms with Crippen molar-refractivity contribution in [3.05, 3.63) is 71.8 Å². The van der Waals surface area contributed by atoms with Crippen LogP contribution in [-0.4, -0.2) is 12.8 Å². The lowest BCUT2D eigenvalue weighted by Crippen LogP contribution is -2.18. The minimum Gasteiger partial charge on any atom is -0.346 e. The summed E-state index contributed by atoms with van der Waals surface area (Å²) in [4.78, 5) is 1.82. The van der Waals surface area contributed by atoms with Gasteiger partial charge >= 0.3 is 0 Å². The van der Waals surface area contributed by atoms with Crippen LogP contribution in [0.25, 0.3) is 0 Å². The molecule has 0 atom stereocenters. The zero-order valence-electron chi connectivity index (χ0n) is 9.21. The first-order valence-electron chi connectivity index (χ1n) is 5.42. The Morgan fingerprint density at radius 3 is 1.44 bits per heavy atom. The number of benzene rings is 2. The Kier molecular flexibility index (Phi) is 3.78. The quantitative estimate of drug-likeness (QED) is 0.696. The molecule has 0 spiro atoms. The highest BCUT2D eigenvalue weighted by Crippen LogP contribution is 2.06. The Labute approximate surface area is 98.2 Å². The molecule has 0 fully saturated rings. The average Bonchev–Trinajstić information content (AvgIpc) is 2.31. The van der Waals surface area contributed by atoms with Crippen LogP contribution in [0.5, 0.6) is 0 Å². The van der Waals surface area contributed by atoms with Crippen molar-refractivity contribution in [3.8, 4) is 0 Å². The van der Waals surface area contributed by atoms with E-state index in [0.717, 1.165) is 13.1 Å². The van der Waals surface area contributed by atoms with E-state index in [1.807, 2.05) is 41.2 Å². The van der Waals surface area contributed by atoms with E-state index in [-0.39, 0.29) is 0 Å². The average molecular weight is 207 g/mol. The second kappa shape index (κ2) is 5.52. The van der Waals surface area contributed by atoms with E-state index in [1.54, 1.807) is 0 Å². The van der Waals surface area contributed by atoms with Crippen LogP contribution in [0.1, 0.15) is 11.1 Å². The van der Waals surface area contributed by atoms with Crippen LogP contribution >= 0.6 is 0 Å². The first kappa shape index (κ1) is 11.0. The maximum atomic E-state index is 5.97. The van der Waals surface area contributed by atoms with Crippen LogP contribution < -0.4 is 0 Å². The Morgan fingerprint density at radius 2 is 1.06 bits per heavy atom. The minimum atomic E-state index is 0.774. The van der Waals surface area contributed by atoms with Crippen LogP contribution in [0, 0.1) is 0 Å². The molecule has 0 aromatic heterocycles. The van der Waals surface area contributed by atoms with Crippen molar-refractivity contribution in [1.82, 2.24) is 4.81 Å². The van der Waals surface area contributed by atoms with E-state index in [1.165, 1.54) is 11.1 Å². The van der Waals surface area contributed by atoms with Crippen molar-refractivity contribution < 1.29 is 0 Å². The van der Waals surface area contributed by atoms with Crippen LogP contribution in [-0.2, 0) is 13.1 Å². The Bertz CT molecular complexity index is 372. The lowest BCUT2D eigenvalue weighted by molar-refractivity contribution is 0.443. The summed E-state index contributed by atoms with van der Waals surface area (Å²) in [6.45, 7) is 1.55. The zero-order chi connectivity index (χ0) is 11.2. The highest BCUT2D eigenvalue weighted by Gasteiger charge is 2.00. The molecule has 2 aromatic carbocycles. The molecule has 0 bridgehead atoms. The second-order valence-corrected chi connectivity index (χ2v) is 3.88. The van der Waals surface area contributed by atoms with Gasteiger partial charge in [0, 0.05) is 13.1 Å². The molecule has 16 heavy (non-hydrogen) atoms. The van der Waals surface area contributed by atoms with Gasteiger partial charge in [0.1, 0.15) is 0 Å². The molecule has 0 saturated heterocycles. The first-order valence-corrected chi connectivity index (χ1v) is 5.42. The van der Waals surface area contributed by atoms with Gasteiger partial charge in [0.05, 0.1) is 0 Å². The summed E-state index contributed by atoms with van der Waals surface area (Å²) in [7, 11) is 5.97. The SMILES string of the molecule is [B]N(Cc1ccccc1)Cc1ccccc1. The maximum absolute atomic E-state index is 5.97. The molecule has 0 saturated carbocycles. The summed E-state index contributed by atoms with van der Waals surface area (Å²) >= 11 is 0. The van der Waals surface area contributed by atoms with E-state index >= 15 is 0 Å². The summed E-state index contributed by atoms with van der Waals surface area (Å²) in [6, 6.07) is 20.5. The maximum Gasteiger partial charge on any atom is 0.183 e. The predicted molar refractivity (Wildman–Crippen MR) is 67.9 cm³/mol. The summed E-state index contributed by atoms with van der Waals surface area (Å²) in [6.07, 6.45) is 0. The predicted octanol–water partition coefficient (Wildman–Crippen LogP) is 2.77. The molecule has 0 aliphatic carbocycles. The van der Waals surface area contributed by atoms with E-state index < -0.39 is 0 Å². The summed E-state index contributed by atoms with van der Waals surface area (Å²) in [5.41, 5.74) is 2.47. The largest absolute Gasteiger partial charge is 0.346 e. The van der Waals surface area contributed by atoms with Gasteiger partial charge in [-0.3, -0.25) is 0 Å². The molecule has 0 aliphatic rings. The van der Waals surface area contributed by atoms with Gasteiger partial charge in [-0.05, 0) is 11.1 Å². The fraction of sp³-hybridized carbons (Fsp3) is 0.143. The van der Waals surface area contributed by atoms with Crippen LogP contribution in [0.3, 0.4) is 0 Å². The van der Waals surface area contributed by atoms with Gasteiger partial charge in [-0.2, -0.15) is 0 Å². The lowest BCUT2D eigenvalue weighted by atomic mass is 10.1. The molecular formula is C14H14BN.